The van der Waals surface area contributed by atoms with E-state index in [9.17, 15) is 0 Å². The molecule has 0 aliphatic rings. The first-order valence-corrected chi connectivity index (χ1v) is 8.67. The predicted octanol–water partition coefficient (Wildman–Crippen LogP) is 4.01. The van der Waals surface area contributed by atoms with Crippen LogP contribution in [-0.2, 0) is 19.5 Å². The molecule has 2 aromatic carbocycles. The number of nitrogens with zero attached hydrogens (tertiary/aromatic N) is 2. The van der Waals surface area contributed by atoms with Gasteiger partial charge in [0.15, 0.2) is 0 Å². The van der Waals surface area contributed by atoms with E-state index in [-0.39, 0.29) is 0 Å². The van der Waals surface area contributed by atoms with Gasteiger partial charge in [0.1, 0.15) is 0 Å². The van der Waals surface area contributed by atoms with E-state index in [1.54, 1.807) is 0 Å². The summed E-state index contributed by atoms with van der Waals surface area (Å²) in [4.78, 5) is 4.47. The molecule has 0 aromatic heterocycles. The first-order chi connectivity index (χ1) is 10.5. The van der Waals surface area contributed by atoms with Crippen LogP contribution in [0.4, 0.5) is 0 Å². The van der Waals surface area contributed by atoms with Crippen LogP contribution in [0.1, 0.15) is 22.3 Å². The number of halogens is 1. The molecule has 0 saturated carbocycles. The second-order valence-electron chi connectivity index (χ2n) is 6.33. The zero-order chi connectivity index (χ0) is 16.1. The van der Waals surface area contributed by atoms with E-state index in [2.05, 4.69) is 103 Å². The summed E-state index contributed by atoms with van der Waals surface area (Å²) in [5.74, 6) is 0. The average Bonchev–Trinajstić information content (AvgIpc) is 2.42. The third kappa shape index (κ3) is 5.07. The second kappa shape index (κ2) is 8.09. The maximum absolute atomic E-state index is 2.40. The van der Waals surface area contributed by atoms with Crippen LogP contribution < -0.4 is 0 Å². The van der Waals surface area contributed by atoms with Gasteiger partial charge < -0.3 is 9.80 Å². The summed E-state index contributed by atoms with van der Waals surface area (Å²) in [7, 11) is 8.51. The van der Waals surface area contributed by atoms with Crippen molar-refractivity contribution in [2.75, 3.05) is 28.2 Å². The highest BCUT2D eigenvalue weighted by Gasteiger charge is 2.09. The topological polar surface area (TPSA) is 6.48 Å². The van der Waals surface area contributed by atoms with Crippen molar-refractivity contribution in [3.8, 4) is 0 Å². The molecule has 0 unspecified atom stereocenters. The van der Waals surface area contributed by atoms with Gasteiger partial charge in [-0.05, 0) is 91.6 Å². The Morgan fingerprint density at radius 2 is 1.27 bits per heavy atom. The molecule has 2 nitrogen and oxygen atoms in total. The molecular formula is C19H25IN2. The minimum atomic E-state index is 0.988. The molecule has 0 aliphatic carbocycles. The molecule has 0 aliphatic heterocycles. The van der Waals surface area contributed by atoms with Gasteiger partial charge in [0.25, 0.3) is 0 Å². The minimum Gasteiger partial charge on any atom is -0.305 e. The quantitative estimate of drug-likeness (QED) is 0.667. The van der Waals surface area contributed by atoms with Crippen molar-refractivity contribution in [2.45, 2.75) is 19.5 Å². The molecule has 0 amide bonds. The molecule has 3 heteroatoms. The van der Waals surface area contributed by atoms with Crippen LogP contribution in [0.2, 0.25) is 0 Å². The standard InChI is InChI=1S/C19H25IN2/c1-21(2)13-17-8-6-5-7-15(17)11-16-9-10-19(20)12-18(16)14-22(3)4/h5-10,12H,11,13-14H2,1-4H3. The van der Waals surface area contributed by atoms with Gasteiger partial charge in [0.05, 0.1) is 0 Å². The van der Waals surface area contributed by atoms with E-state index in [4.69, 9.17) is 0 Å². The fourth-order valence-electron chi connectivity index (χ4n) is 2.68. The summed E-state index contributed by atoms with van der Waals surface area (Å²) in [5, 5.41) is 0. The van der Waals surface area contributed by atoms with Gasteiger partial charge in [0, 0.05) is 16.7 Å². The lowest BCUT2D eigenvalue weighted by atomic mass is 9.96. The normalized spacial score (nSPS) is 11.4. The highest BCUT2D eigenvalue weighted by Crippen LogP contribution is 2.21. The molecule has 0 radical (unpaired) electrons. The fourth-order valence-corrected chi connectivity index (χ4v) is 3.24. The molecule has 22 heavy (non-hydrogen) atoms. The van der Waals surface area contributed by atoms with Gasteiger partial charge >= 0.3 is 0 Å². The highest BCUT2D eigenvalue weighted by molar-refractivity contribution is 14.1. The molecule has 0 fully saturated rings. The summed E-state index contributed by atoms with van der Waals surface area (Å²) in [6, 6.07) is 15.6. The molecule has 0 N–H and O–H groups in total. The van der Waals surface area contributed by atoms with Crippen LogP contribution in [0.3, 0.4) is 0 Å². The first kappa shape index (κ1) is 17.4. The van der Waals surface area contributed by atoms with Gasteiger partial charge in [-0.15, -0.1) is 0 Å². The molecule has 118 valence electrons. The van der Waals surface area contributed by atoms with Gasteiger partial charge in [-0.1, -0.05) is 30.3 Å². The van der Waals surface area contributed by atoms with E-state index in [1.807, 2.05) is 0 Å². The highest BCUT2D eigenvalue weighted by atomic mass is 127. The Morgan fingerprint density at radius 1 is 0.727 bits per heavy atom. The SMILES string of the molecule is CN(C)Cc1ccccc1Cc1ccc(I)cc1CN(C)C. The molecule has 0 bridgehead atoms. The average molecular weight is 408 g/mol. The lowest BCUT2D eigenvalue weighted by Crippen LogP contribution is -2.14. The monoisotopic (exact) mass is 408 g/mol. The predicted molar refractivity (Wildman–Crippen MR) is 103 cm³/mol. The van der Waals surface area contributed by atoms with E-state index >= 15 is 0 Å². The van der Waals surface area contributed by atoms with E-state index in [1.165, 1.54) is 25.8 Å². The van der Waals surface area contributed by atoms with Crippen molar-refractivity contribution in [1.29, 1.82) is 0 Å². The van der Waals surface area contributed by atoms with E-state index in [0.717, 1.165) is 19.5 Å². The molecule has 2 aromatic rings. The minimum absolute atomic E-state index is 0.988. The Kier molecular flexibility index (Phi) is 6.41. The maximum Gasteiger partial charge on any atom is 0.0230 e. The van der Waals surface area contributed by atoms with E-state index < -0.39 is 0 Å². The number of rotatable bonds is 6. The van der Waals surface area contributed by atoms with Crippen LogP contribution in [0, 0.1) is 3.57 Å². The largest absolute Gasteiger partial charge is 0.305 e. The summed E-state index contributed by atoms with van der Waals surface area (Å²) in [6.45, 7) is 1.98. The smallest absolute Gasteiger partial charge is 0.0230 e. The molecule has 0 heterocycles. The van der Waals surface area contributed by atoms with Gasteiger partial charge in [-0.2, -0.15) is 0 Å². The molecular weight excluding hydrogens is 383 g/mol. The Labute approximate surface area is 148 Å². The Morgan fingerprint density at radius 3 is 1.91 bits per heavy atom. The van der Waals surface area contributed by atoms with Crippen molar-refractivity contribution >= 4 is 22.6 Å². The molecule has 0 atom stereocenters. The van der Waals surface area contributed by atoms with Crippen LogP contribution in [0.5, 0.6) is 0 Å². The third-order valence-corrected chi connectivity index (χ3v) is 4.31. The number of hydrogen-bond donors (Lipinski definition) is 0. The van der Waals surface area contributed by atoms with Crippen LogP contribution in [0.15, 0.2) is 42.5 Å². The molecule has 0 spiro atoms. The first-order valence-electron chi connectivity index (χ1n) is 7.59. The summed E-state index contributed by atoms with van der Waals surface area (Å²) in [5.41, 5.74) is 5.70. The second-order valence-corrected chi connectivity index (χ2v) is 7.58. The van der Waals surface area contributed by atoms with Gasteiger partial charge in [-0.3, -0.25) is 0 Å². The van der Waals surface area contributed by atoms with Crippen molar-refractivity contribution in [3.05, 3.63) is 68.3 Å². The molecule has 0 saturated heterocycles. The zero-order valence-corrected chi connectivity index (χ0v) is 16.1. The van der Waals surface area contributed by atoms with Crippen LogP contribution in [-0.4, -0.2) is 38.0 Å². The van der Waals surface area contributed by atoms with Crippen molar-refractivity contribution < 1.29 is 0 Å². The van der Waals surface area contributed by atoms with Crippen molar-refractivity contribution in [3.63, 3.8) is 0 Å². The number of hydrogen-bond acceptors (Lipinski definition) is 2. The van der Waals surface area contributed by atoms with Crippen molar-refractivity contribution in [1.82, 2.24) is 9.80 Å². The zero-order valence-electron chi connectivity index (χ0n) is 13.9. The van der Waals surface area contributed by atoms with Crippen LogP contribution in [0.25, 0.3) is 0 Å². The Bertz CT molecular complexity index is 621. The summed E-state index contributed by atoms with van der Waals surface area (Å²) < 4.78 is 1.31. The Hall–Kier alpha value is -0.910. The van der Waals surface area contributed by atoms with Crippen molar-refractivity contribution in [2.24, 2.45) is 0 Å². The fraction of sp³-hybridized carbons (Fsp3) is 0.368. The van der Waals surface area contributed by atoms with Gasteiger partial charge in [0.2, 0.25) is 0 Å². The molecule has 2 rings (SSSR count). The lowest BCUT2D eigenvalue weighted by Gasteiger charge is -2.18. The Balaban J connectivity index is 2.31. The maximum atomic E-state index is 2.40. The van der Waals surface area contributed by atoms with Gasteiger partial charge in [-0.25, -0.2) is 0 Å². The van der Waals surface area contributed by atoms with E-state index in [0.29, 0.717) is 0 Å². The summed E-state index contributed by atoms with van der Waals surface area (Å²) >= 11 is 2.40. The van der Waals surface area contributed by atoms with Crippen LogP contribution >= 0.6 is 22.6 Å². The third-order valence-electron chi connectivity index (χ3n) is 3.64. The lowest BCUT2D eigenvalue weighted by molar-refractivity contribution is 0.399. The number of benzene rings is 2. The summed E-state index contributed by atoms with van der Waals surface area (Å²) in [6.07, 6.45) is 1.00.